The van der Waals surface area contributed by atoms with Gasteiger partial charge in [0.25, 0.3) is 0 Å². The Morgan fingerprint density at radius 1 is 0.853 bits per heavy atom. The average molecular weight is 484 g/mol. The number of rotatable bonds is 8. The van der Waals surface area contributed by atoms with Crippen molar-refractivity contribution in [1.29, 1.82) is 0 Å². The number of likely N-dealkylation sites (tertiary alicyclic amines) is 1. The normalized spacial score (nSPS) is 18.6. The number of nitrogens with zero attached hydrogens (tertiary/aromatic N) is 2. The molecule has 0 aromatic heterocycles. The molecule has 2 fully saturated rings. The van der Waals surface area contributed by atoms with Crippen LogP contribution in [0, 0.1) is 12.8 Å². The van der Waals surface area contributed by atoms with Gasteiger partial charge < -0.3 is 5.32 Å². The zero-order chi connectivity index (χ0) is 24.0. The zero-order valence-corrected chi connectivity index (χ0v) is 21.0. The quantitative estimate of drug-likeness (QED) is 0.619. The zero-order valence-electron chi connectivity index (χ0n) is 20.2. The number of piperidine rings is 2. The summed E-state index contributed by atoms with van der Waals surface area (Å²) in [5, 5.41) is 3.05. The number of carbonyl (C=O) groups excluding carboxylic acids is 1. The SMILES string of the molecule is Cc1ccc(CS(=O)(=O)N2CCC(C(=O)NCc3ccc(CN4CCCCC4)cc3)CC2)cc1. The van der Waals surface area contributed by atoms with Crippen LogP contribution in [0.1, 0.15) is 54.4 Å². The number of hydrogen-bond acceptors (Lipinski definition) is 4. The number of nitrogens with one attached hydrogen (secondary N) is 1. The van der Waals surface area contributed by atoms with Crippen LogP contribution in [0.2, 0.25) is 0 Å². The first-order valence-corrected chi connectivity index (χ1v) is 14.1. The number of carbonyl (C=O) groups is 1. The fourth-order valence-corrected chi connectivity index (χ4v) is 6.42. The minimum atomic E-state index is -3.37. The Morgan fingerprint density at radius 2 is 1.44 bits per heavy atom. The van der Waals surface area contributed by atoms with Gasteiger partial charge in [-0.2, -0.15) is 0 Å². The average Bonchev–Trinajstić information content (AvgIpc) is 2.85. The number of benzene rings is 2. The second-order valence-corrected chi connectivity index (χ2v) is 11.8. The molecule has 2 aromatic rings. The highest BCUT2D eigenvalue weighted by molar-refractivity contribution is 7.88. The smallest absolute Gasteiger partial charge is 0.223 e. The monoisotopic (exact) mass is 483 g/mol. The lowest BCUT2D eigenvalue weighted by molar-refractivity contribution is -0.126. The van der Waals surface area contributed by atoms with Gasteiger partial charge in [0.1, 0.15) is 0 Å². The van der Waals surface area contributed by atoms with Crippen molar-refractivity contribution in [3.8, 4) is 0 Å². The van der Waals surface area contributed by atoms with Crippen LogP contribution in [0.5, 0.6) is 0 Å². The molecule has 0 saturated carbocycles. The third-order valence-corrected chi connectivity index (χ3v) is 8.88. The lowest BCUT2D eigenvalue weighted by Gasteiger charge is -2.30. The van der Waals surface area contributed by atoms with Crippen molar-refractivity contribution in [3.05, 3.63) is 70.8 Å². The Bertz CT molecular complexity index is 1040. The van der Waals surface area contributed by atoms with E-state index >= 15 is 0 Å². The van der Waals surface area contributed by atoms with E-state index in [9.17, 15) is 13.2 Å². The number of hydrogen-bond donors (Lipinski definition) is 1. The van der Waals surface area contributed by atoms with E-state index in [0.717, 1.165) is 23.2 Å². The molecule has 2 heterocycles. The van der Waals surface area contributed by atoms with Crippen LogP contribution in [0.25, 0.3) is 0 Å². The second-order valence-electron chi connectivity index (χ2n) is 9.79. The Kier molecular flexibility index (Phi) is 8.40. The van der Waals surface area contributed by atoms with Crippen molar-refractivity contribution < 1.29 is 13.2 Å². The van der Waals surface area contributed by atoms with Crippen LogP contribution in [0.4, 0.5) is 0 Å². The first kappa shape index (κ1) is 24.9. The molecule has 0 aliphatic carbocycles. The maximum atomic E-state index is 12.8. The summed E-state index contributed by atoms with van der Waals surface area (Å²) in [7, 11) is -3.37. The molecule has 0 radical (unpaired) electrons. The maximum Gasteiger partial charge on any atom is 0.223 e. The number of sulfonamides is 1. The highest BCUT2D eigenvalue weighted by Crippen LogP contribution is 2.22. The summed E-state index contributed by atoms with van der Waals surface area (Å²) in [5.74, 6) is -0.102. The predicted molar refractivity (Wildman–Crippen MR) is 136 cm³/mol. The summed E-state index contributed by atoms with van der Waals surface area (Å²) in [6, 6.07) is 16.1. The molecule has 0 spiro atoms. The number of amides is 1. The van der Waals surface area contributed by atoms with Crippen molar-refractivity contribution >= 4 is 15.9 Å². The Hall–Kier alpha value is -2.22. The van der Waals surface area contributed by atoms with Crippen LogP contribution < -0.4 is 5.32 Å². The van der Waals surface area contributed by atoms with Gasteiger partial charge in [-0.25, -0.2) is 12.7 Å². The maximum absolute atomic E-state index is 12.8. The molecule has 2 aromatic carbocycles. The number of aryl methyl sites for hydroxylation is 1. The summed E-state index contributed by atoms with van der Waals surface area (Å²) in [6.07, 6.45) is 5.06. The fourth-order valence-electron chi connectivity index (χ4n) is 4.85. The van der Waals surface area contributed by atoms with Crippen molar-refractivity contribution in [2.45, 2.75) is 57.9 Å². The van der Waals surface area contributed by atoms with Crippen LogP contribution in [0.3, 0.4) is 0 Å². The first-order chi connectivity index (χ1) is 16.4. The molecule has 7 heteroatoms. The predicted octanol–water partition coefficient (Wildman–Crippen LogP) is 3.84. The van der Waals surface area contributed by atoms with Gasteiger partial charge in [0.15, 0.2) is 0 Å². The lowest BCUT2D eigenvalue weighted by Crippen LogP contribution is -2.43. The third kappa shape index (κ3) is 6.90. The topological polar surface area (TPSA) is 69.7 Å². The van der Waals surface area contributed by atoms with E-state index in [1.807, 2.05) is 31.2 Å². The molecule has 0 unspecified atom stereocenters. The second kappa shape index (κ2) is 11.5. The van der Waals surface area contributed by atoms with Crippen LogP contribution >= 0.6 is 0 Å². The molecular formula is C27H37N3O3S. The summed E-state index contributed by atoms with van der Waals surface area (Å²) < 4.78 is 27.1. The molecule has 0 bridgehead atoms. The summed E-state index contributed by atoms with van der Waals surface area (Å²) >= 11 is 0. The van der Waals surface area contributed by atoms with E-state index in [2.05, 4.69) is 34.5 Å². The van der Waals surface area contributed by atoms with Crippen LogP contribution in [0.15, 0.2) is 48.5 Å². The summed E-state index contributed by atoms with van der Waals surface area (Å²) in [4.78, 5) is 15.2. The minimum Gasteiger partial charge on any atom is -0.352 e. The highest BCUT2D eigenvalue weighted by Gasteiger charge is 2.31. The van der Waals surface area contributed by atoms with Gasteiger partial charge in [-0.05, 0) is 62.4 Å². The van der Waals surface area contributed by atoms with Crippen molar-refractivity contribution in [2.24, 2.45) is 5.92 Å². The van der Waals surface area contributed by atoms with Crippen molar-refractivity contribution in [2.75, 3.05) is 26.2 Å². The summed E-state index contributed by atoms with van der Waals surface area (Å²) in [5.41, 5.74) is 4.32. The lowest BCUT2D eigenvalue weighted by atomic mass is 9.97. The van der Waals surface area contributed by atoms with Gasteiger partial charge in [-0.15, -0.1) is 0 Å². The Labute approximate surface area is 204 Å². The molecule has 6 nitrogen and oxygen atoms in total. The largest absolute Gasteiger partial charge is 0.352 e. The molecule has 2 aliphatic rings. The highest BCUT2D eigenvalue weighted by atomic mass is 32.2. The molecule has 4 rings (SSSR count). The Morgan fingerprint density at radius 3 is 2.09 bits per heavy atom. The van der Waals surface area contributed by atoms with E-state index < -0.39 is 10.0 Å². The molecule has 0 atom stereocenters. The van der Waals surface area contributed by atoms with E-state index in [0.29, 0.717) is 32.5 Å². The van der Waals surface area contributed by atoms with E-state index in [-0.39, 0.29) is 17.6 Å². The van der Waals surface area contributed by atoms with Gasteiger partial charge in [0, 0.05) is 32.1 Å². The first-order valence-electron chi connectivity index (χ1n) is 12.5. The standard InChI is InChI=1S/C27H37N3O3S/c1-22-5-7-25(8-6-22)21-34(32,33)30-17-13-26(14-18-30)27(31)28-19-23-9-11-24(12-10-23)20-29-15-3-2-4-16-29/h5-12,26H,2-4,13-21H2,1H3,(H,28,31). The fraction of sp³-hybridized carbons (Fsp3) is 0.519. The Balaban J connectivity index is 1.21. The molecular weight excluding hydrogens is 446 g/mol. The summed E-state index contributed by atoms with van der Waals surface area (Å²) in [6.45, 7) is 6.66. The van der Waals surface area contributed by atoms with Gasteiger partial charge >= 0.3 is 0 Å². The molecule has 34 heavy (non-hydrogen) atoms. The van der Waals surface area contributed by atoms with E-state index in [1.54, 1.807) is 0 Å². The molecule has 2 saturated heterocycles. The van der Waals surface area contributed by atoms with Crippen molar-refractivity contribution in [1.82, 2.24) is 14.5 Å². The molecule has 2 aliphatic heterocycles. The van der Waals surface area contributed by atoms with Gasteiger partial charge in [0.2, 0.25) is 15.9 Å². The van der Waals surface area contributed by atoms with Gasteiger partial charge in [-0.1, -0.05) is 60.5 Å². The molecule has 1 amide bonds. The van der Waals surface area contributed by atoms with E-state index in [1.165, 1.54) is 42.2 Å². The van der Waals surface area contributed by atoms with Crippen LogP contribution in [-0.2, 0) is 33.7 Å². The van der Waals surface area contributed by atoms with Crippen molar-refractivity contribution in [3.63, 3.8) is 0 Å². The van der Waals surface area contributed by atoms with Gasteiger partial charge in [0.05, 0.1) is 5.75 Å². The minimum absolute atomic E-state index is 0.0118. The van der Waals surface area contributed by atoms with E-state index in [4.69, 9.17) is 0 Å². The van der Waals surface area contributed by atoms with Crippen LogP contribution in [-0.4, -0.2) is 49.7 Å². The third-order valence-electron chi connectivity index (χ3n) is 7.03. The van der Waals surface area contributed by atoms with Gasteiger partial charge in [-0.3, -0.25) is 9.69 Å². The molecule has 1 N–H and O–H groups in total. The molecule has 184 valence electrons.